The van der Waals surface area contributed by atoms with Gasteiger partial charge in [0.1, 0.15) is 19.3 Å². The maximum Gasteiger partial charge on any atom is 0.240 e. The van der Waals surface area contributed by atoms with Crippen molar-refractivity contribution in [3.05, 3.63) is 23.8 Å². The van der Waals surface area contributed by atoms with Gasteiger partial charge >= 0.3 is 0 Å². The number of rotatable bonds is 3. The summed E-state index contributed by atoms with van der Waals surface area (Å²) in [5.41, 5.74) is 0.983. The highest BCUT2D eigenvalue weighted by atomic mass is 35.5. The van der Waals surface area contributed by atoms with E-state index < -0.39 is 0 Å². The number of carbonyl (C=O) groups excluding carboxylic acids is 1. The predicted molar refractivity (Wildman–Crippen MR) is 83.7 cm³/mol. The lowest BCUT2D eigenvalue weighted by Crippen LogP contribution is -2.55. The molecule has 1 amide bonds. The Labute approximate surface area is 135 Å². The Morgan fingerprint density at radius 2 is 2.05 bits per heavy atom. The molecule has 1 aromatic rings. The molecular weight excluding hydrogens is 308 g/mol. The average molecular weight is 329 g/mol. The molecule has 2 atom stereocenters. The number of halogens is 1. The molecule has 0 saturated carbocycles. The first-order valence-electron chi connectivity index (χ1n) is 7.25. The van der Waals surface area contributed by atoms with Gasteiger partial charge in [0.05, 0.1) is 12.7 Å². The molecule has 2 N–H and O–H groups in total. The summed E-state index contributed by atoms with van der Waals surface area (Å²) in [6, 6.07) is 5.42. The highest BCUT2D eigenvalue weighted by Gasteiger charge is 2.27. The van der Waals surface area contributed by atoms with E-state index in [0.717, 1.165) is 17.1 Å². The number of fused-ring (bicyclic) bond motifs is 1. The Morgan fingerprint density at radius 3 is 2.82 bits per heavy atom. The predicted octanol–water partition coefficient (Wildman–Crippen LogP) is 0.873. The first-order chi connectivity index (χ1) is 10.2. The summed E-state index contributed by atoms with van der Waals surface area (Å²) in [4.78, 5) is 12.2. The minimum atomic E-state index is -0.295. The molecular formula is C15H21ClN2O4. The molecule has 1 aromatic carbocycles. The summed E-state index contributed by atoms with van der Waals surface area (Å²) in [5.74, 6) is 1.45. The van der Waals surface area contributed by atoms with Gasteiger partial charge < -0.3 is 24.8 Å². The van der Waals surface area contributed by atoms with E-state index in [4.69, 9.17) is 14.2 Å². The molecule has 2 heterocycles. The van der Waals surface area contributed by atoms with Gasteiger partial charge in [0.15, 0.2) is 11.5 Å². The Hall–Kier alpha value is -1.50. The zero-order valence-electron chi connectivity index (χ0n) is 12.5. The number of amides is 1. The molecule has 2 aliphatic heterocycles. The van der Waals surface area contributed by atoms with Gasteiger partial charge in [-0.1, -0.05) is 6.07 Å². The monoisotopic (exact) mass is 328 g/mol. The molecule has 1 fully saturated rings. The SMILES string of the molecule is C[C@H]1OCCN[C@@H]1C(=O)NCc1ccc2c(c1)OCCO2.Cl. The molecule has 0 aliphatic carbocycles. The highest BCUT2D eigenvalue weighted by molar-refractivity contribution is 5.85. The number of nitrogens with one attached hydrogen (secondary N) is 2. The summed E-state index contributed by atoms with van der Waals surface area (Å²) in [5, 5.41) is 6.10. The smallest absolute Gasteiger partial charge is 0.240 e. The number of ether oxygens (including phenoxy) is 3. The van der Waals surface area contributed by atoms with Gasteiger partial charge in [0.25, 0.3) is 0 Å². The molecule has 2 aliphatic rings. The van der Waals surface area contributed by atoms with Crippen molar-refractivity contribution in [2.24, 2.45) is 0 Å². The second kappa shape index (κ2) is 7.67. The second-order valence-corrected chi connectivity index (χ2v) is 5.20. The molecule has 0 radical (unpaired) electrons. The van der Waals surface area contributed by atoms with E-state index in [1.54, 1.807) is 0 Å². The zero-order valence-corrected chi connectivity index (χ0v) is 13.3. The van der Waals surface area contributed by atoms with Crippen LogP contribution in [0.25, 0.3) is 0 Å². The van der Waals surface area contributed by atoms with E-state index in [-0.39, 0.29) is 30.5 Å². The Kier molecular flexibility index (Phi) is 5.88. The van der Waals surface area contributed by atoms with Crippen molar-refractivity contribution in [3.63, 3.8) is 0 Å². The van der Waals surface area contributed by atoms with Crippen molar-refractivity contribution in [3.8, 4) is 11.5 Å². The van der Waals surface area contributed by atoms with E-state index in [9.17, 15) is 4.79 Å². The van der Waals surface area contributed by atoms with Gasteiger partial charge in [-0.2, -0.15) is 0 Å². The van der Waals surface area contributed by atoms with Gasteiger partial charge in [-0.25, -0.2) is 0 Å². The standard InChI is InChI=1S/C15H20N2O4.ClH/c1-10-14(16-4-5-19-10)15(18)17-9-11-2-3-12-13(8-11)21-7-6-20-12;/h2-3,8,10,14,16H,4-7,9H2,1H3,(H,17,18);1H/t10-,14+;/m1./s1. The van der Waals surface area contributed by atoms with Crippen LogP contribution in [0, 0.1) is 0 Å². The van der Waals surface area contributed by atoms with Crippen molar-refractivity contribution in [2.75, 3.05) is 26.4 Å². The second-order valence-electron chi connectivity index (χ2n) is 5.20. The van der Waals surface area contributed by atoms with Crippen LogP contribution in [0.3, 0.4) is 0 Å². The molecule has 0 aromatic heterocycles. The summed E-state index contributed by atoms with van der Waals surface area (Å²) < 4.78 is 16.5. The first-order valence-corrected chi connectivity index (χ1v) is 7.25. The van der Waals surface area contributed by atoms with E-state index in [0.29, 0.717) is 32.9 Å². The summed E-state index contributed by atoms with van der Waals surface area (Å²) in [6.45, 7) is 4.85. The van der Waals surface area contributed by atoms with Gasteiger partial charge in [-0.05, 0) is 24.6 Å². The molecule has 6 nitrogen and oxygen atoms in total. The van der Waals surface area contributed by atoms with Crippen LogP contribution in [0.15, 0.2) is 18.2 Å². The number of hydrogen-bond donors (Lipinski definition) is 2. The van der Waals surface area contributed by atoms with Crippen molar-refractivity contribution in [2.45, 2.75) is 25.6 Å². The number of benzene rings is 1. The Balaban J connectivity index is 0.00000176. The Morgan fingerprint density at radius 1 is 1.27 bits per heavy atom. The molecule has 0 unspecified atom stereocenters. The molecule has 1 saturated heterocycles. The molecule has 0 spiro atoms. The third-order valence-electron chi connectivity index (χ3n) is 3.67. The maximum absolute atomic E-state index is 12.2. The van der Waals surface area contributed by atoms with Crippen LogP contribution < -0.4 is 20.1 Å². The minimum Gasteiger partial charge on any atom is -0.486 e. The number of carbonyl (C=O) groups is 1. The summed E-state index contributed by atoms with van der Waals surface area (Å²) in [6.07, 6.45) is -0.112. The fourth-order valence-corrected chi connectivity index (χ4v) is 2.52. The molecule has 3 rings (SSSR count). The number of morpholine rings is 1. The minimum absolute atomic E-state index is 0. The van der Waals surface area contributed by atoms with Gasteiger partial charge in [0.2, 0.25) is 5.91 Å². The topological polar surface area (TPSA) is 68.8 Å². The van der Waals surface area contributed by atoms with Crippen molar-refractivity contribution >= 4 is 18.3 Å². The lowest BCUT2D eigenvalue weighted by Gasteiger charge is -2.29. The van der Waals surface area contributed by atoms with E-state index in [1.807, 2.05) is 25.1 Å². The van der Waals surface area contributed by atoms with Crippen molar-refractivity contribution in [1.82, 2.24) is 10.6 Å². The zero-order chi connectivity index (χ0) is 14.7. The molecule has 7 heteroatoms. The normalized spacial score (nSPS) is 23.3. The lowest BCUT2D eigenvalue weighted by atomic mass is 10.1. The third kappa shape index (κ3) is 3.82. The van der Waals surface area contributed by atoms with Gasteiger partial charge in [0, 0.05) is 13.1 Å². The van der Waals surface area contributed by atoms with Crippen LogP contribution in [-0.2, 0) is 16.1 Å². The van der Waals surface area contributed by atoms with E-state index in [2.05, 4.69) is 10.6 Å². The molecule has 22 heavy (non-hydrogen) atoms. The number of hydrogen-bond acceptors (Lipinski definition) is 5. The van der Waals surface area contributed by atoms with Crippen LogP contribution in [0.4, 0.5) is 0 Å². The Bertz CT molecular complexity index is 526. The highest BCUT2D eigenvalue weighted by Crippen LogP contribution is 2.30. The van der Waals surface area contributed by atoms with Crippen LogP contribution in [0.2, 0.25) is 0 Å². The fraction of sp³-hybridized carbons (Fsp3) is 0.533. The molecule has 0 bridgehead atoms. The van der Waals surface area contributed by atoms with Crippen LogP contribution in [0.5, 0.6) is 11.5 Å². The van der Waals surface area contributed by atoms with Gasteiger partial charge in [-0.15, -0.1) is 12.4 Å². The molecule has 122 valence electrons. The quantitative estimate of drug-likeness (QED) is 0.862. The van der Waals surface area contributed by atoms with E-state index in [1.165, 1.54) is 0 Å². The summed E-state index contributed by atoms with van der Waals surface area (Å²) in [7, 11) is 0. The lowest BCUT2D eigenvalue weighted by molar-refractivity contribution is -0.129. The van der Waals surface area contributed by atoms with Gasteiger partial charge in [-0.3, -0.25) is 4.79 Å². The van der Waals surface area contributed by atoms with Crippen molar-refractivity contribution < 1.29 is 19.0 Å². The third-order valence-corrected chi connectivity index (χ3v) is 3.67. The fourth-order valence-electron chi connectivity index (χ4n) is 2.52. The van der Waals surface area contributed by atoms with Crippen LogP contribution >= 0.6 is 12.4 Å². The summed E-state index contributed by atoms with van der Waals surface area (Å²) >= 11 is 0. The largest absolute Gasteiger partial charge is 0.486 e. The van der Waals surface area contributed by atoms with Crippen LogP contribution in [-0.4, -0.2) is 44.4 Å². The average Bonchev–Trinajstić information content (AvgIpc) is 2.53. The van der Waals surface area contributed by atoms with Crippen LogP contribution in [0.1, 0.15) is 12.5 Å². The first kappa shape index (κ1) is 16.9. The van der Waals surface area contributed by atoms with E-state index >= 15 is 0 Å². The van der Waals surface area contributed by atoms with Crippen molar-refractivity contribution in [1.29, 1.82) is 0 Å². The maximum atomic E-state index is 12.2.